The second-order valence-electron chi connectivity index (χ2n) is 7.25. The number of amides is 2. The summed E-state index contributed by atoms with van der Waals surface area (Å²) < 4.78 is 0. The van der Waals surface area contributed by atoms with Gasteiger partial charge in [0.25, 0.3) is 0 Å². The molecule has 0 N–H and O–H groups in total. The van der Waals surface area contributed by atoms with E-state index in [1.807, 2.05) is 9.80 Å². The van der Waals surface area contributed by atoms with Gasteiger partial charge in [0.15, 0.2) is 0 Å². The zero-order chi connectivity index (χ0) is 17.2. The molecular weight excluding hydrogens is 318 g/mol. The third-order valence-electron chi connectivity index (χ3n) is 5.70. The molecule has 3 heterocycles. The Labute approximate surface area is 148 Å². The molecule has 0 bridgehead atoms. The van der Waals surface area contributed by atoms with Crippen molar-refractivity contribution in [2.75, 3.05) is 37.6 Å². The number of likely N-dealkylation sites (tertiary alicyclic amines) is 1. The lowest BCUT2D eigenvalue weighted by atomic mass is 10.1. The van der Waals surface area contributed by atoms with E-state index in [9.17, 15) is 9.59 Å². The molecule has 0 spiro atoms. The summed E-state index contributed by atoms with van der Waals surface area (Å²) in [5.41, 5.74) is 0. The van der Waals surface area contributed by atoms with Crippen LogP contribution in [0.3, 0.4) is 0 Å². The summed E-state index contributed by atoms with van der Waals surface area (Å²) in [4.78, 5) is 39.7. The molecule has 3 fully saturated rings. The van der Waals surface area contributed by atoms with E-state index in [1.54, 1.807) is 18.5 Å². The van der Waals surface area contributed by atoms with Gasteiger partial charge in [0.2, 0.25) is 17.8 Å². The van der Waals surface area contributed by atoms with Crippen molar-refractivity contribution < 1.29 is 9.59 Å². The standard InChI is InChI=1S/C18H25N5O2/c24-16-12-14(13-23(16)15-4-1-2-5-15)17(25)21-8-10-22(11-9-21)18-19-6-3-7-20-18/h3,6-7,14-15H,1-2,4-5,8-13H2. The summed E-state index contributed by atoms with van der Waals surface area (Å²) in [6, 6.07) is 2.17. The normalized spacial score (nSPS) is 25.0. The Hall–Kier alpha value is -2.18. The maximum atomic E-state index is 12.8. The number of hydrogen-bond donors (Lipinski definition) is 0. The summed E-state index contributed by atoms with van der Waals surface area (Å²) in [5.74, 6) is 0.870. The van der Waals surface area contributed by atoms with Crippen LogP contribution in [-0.2, 0) is 9.59 Å². The summed E-state index contributed by atoms with van der Waals surface area (Å²) in [6.07, 6.45) is 8.47. The molecule has 7 nitrogen and oxygen atoms in total. The Morgan fingerprint density at radius 2 is 1.72 bits per heavy atom. The first kappa shape index (κ1) is 16.3. The Morgan fingerprint density at radius 3 is 2.40 bits per heavy atom. The van der Waals surface area contributed by atoms with E-state index < -0.39 is 0 Å². The molecule has 1 unspecified atom stereocenters. The summed E-state index contributed by atoms with van der Waals surface area (Å²) in [7, 11) is 0. The number of aromatic nitrogens is 2. The van der Waals surface area contributed by atoms with Gasteiger partial charge in [-0.3, -0.25) is 9.59 Å². The van der Waals surface area contributed by atoms with Crippen LogP contribution < -0.4 is 4.90 Å². The molecule has 3 aliphatic rings. The molecule has 1 aromatic heterocycles. The van der Waals surface area contributed by atoms with E-state index in [4.69, 9.17) is 0 Å². The van der Waals surface area contributed by atoms with E-state index in [0.29, 0.717) is 32.1 Å². The van der Waals surface area contributed by atoms with Crippen LogP contribution in [0.25, 0.3) is 0 Å². The van der Waals surface area contributed by atoms with E-state index in [2.05, 4.69) is 14.9 Å². The molecule has 1 aromatic rings. The van der Waals surface area contributed by atoms with Crippen molar-refractivity contribution in [2.45, 2.75) is 38.1 Å². The molecule has 1 atom stereocenters. The topological polar surface area (TPSA) is 69.6 Å². The fourth-order valence-electron chi connectivity index (χ4n) is 4.31. The van der Waals surface area contributed by atoms with Gasteiger partial charge < -0.3 is 14.7 Å². The van der Waals surface area contributed by atoms with Gasteiger partial charge in [-0.2, -0.15) is 0 Å². The highest BCUT2D eigenvalue weighted by molar-refractivity contribution is 5.89. The molecular formula is C18H25N5O2. The van der Waals surface area contributed by atoms with Crippen molar-refractivity contribution in [1.29, 1.82) is 0 Å². The van der Waals surface area contributed by atoms with Crippen molar-refractivity contribution in [3.8, 4) is 0 Å². The molecule has 134 valence electrons. The first-order valence-corrected chi connectivity index (χ1v) is 9.32. The van der Waals surface area contributed by atoms with Crippen LogP contribution in [0.1, 0.15) is 32.1 Å². The molecule has 0 aromatic carbocycles. The average molecular weight is 343 g/mol. The minimum atomic E-state index is -0.160. The van der Waals surface area contributed by atoms with Crippen LogP contribution >= 0.6 is 0 Å². The number of anilines is 1. The number of carbonyl (C=O) groups excluding carboxylic acids is 2. The lowest BCUT2D eigenvalue weighted by Crippen LogP contribution is -2.51. The minimum absolute atomic E-state index is 0.141. The monoisotopic (exact) mass is 343 g/mol. The van der Waals surface area contributed by atoms with Gasteiger partial charge >= 0.3 is 0 Å². The smallest absolute Gasteiger partial charge is 0.228 e. The molecule has 2 amide bonds. The van der Waals surface area contributed by atoms with Crippen LogP contribution in [0.2, 0.25) is 0 Å². The fraction of sp³-hybridized carbons (Fsp3) is 0.667. The average Bonchev–Trinajstić information content (AvgIpc) is 3.31. The molecule has 2 saturated heterocycles. The van der Waals surface area contributed by atoms with Gasteiger partial charge in [0.1, 0.15) is 0 Å². The van der Waals surface area contributed by atoms with Crippen molar-refractivity contribution in [2.24, 2.45) is 5.92 Å². The van der Waals surface area contributed by atoms with Gasteiger partial charge in [0, 0.05) is 57.6 Å². The van der Waals surface area contributed by atoms with E-state index >= 15 is 0 Å². The van der Waals surface area contributed by atoms with Gasteiger partial charge in [-0.25, -0.2) is 9.97 Å². The van der Waals surface area contributed by atoms with Gasteiger partial charge in [-0.05, 0) is 18.9 Å². The van der Waals surface area contributed by atoms with Crippen molar-refractivity contribution in [3.63, 3.8) is 0 Å². The highest BCUT2D eigenvalue weighted by Gasteiger charge is 2.40. The molecule has 25 heavy (non-hydrogen) atoms. The van der Waals surface area contributed by atoms with Gasteiger partial charge in [-0.1, -0.05) is 12.8 Å². The third kappa shape index (κ3) is 3.32. The highest BCUT2D eigenvalue weighted by atomic mass is 16.2. The third-order valence-corrected chi connectivity index (χ3v) is 5.70. The summed E-state index contributed by atoms with van der Waals surface area (Å²) >= 11 is 0. The van der Waals surface area contributed by atoms with E-state index in [0.717, 1.165) is 31.9 Å². The highest BCUT2D eigenvalue weighted by Crippen LogP contribution is 2.30. The summed E-state index contributed by atoms with van der Waals surface area (Å²) in [5, 5.41) is 0. The number of rotatable bonds is 3. The fourth-order valence-corrected chi connectivity index (χ4v) is 4.31. The van der Waals surface area contributed by atoms with Crippen LogP contribution in [0.4, 0.5) is 5.95 Å². The first-order chi connectivity index (χ1) is 12.2. The van der Waals surface area contributed by atoms with Crippen LogP contribution in [0, 0.1) is 5.92 Å². The predicted molar refractivity (Wildman–Crippen MR) is 92.9 cm³/mol. The lowest BCUT2D eigenvalue weighted by molar-refractivity contribution is -0.136. The second-order valence-corrected chi connectivity index (χ2v) is 7.25. The zero-order valence-corrected chi connectivity index (χ0v) is 14.5. The summed E-state index contributed by atoms with van der Waals surface area (Å²) in [6.45, 7) is 3.44. The molecule has 7 heteroatoms. The minimum Gasteiger partial charge on any atom is -0.339 e. The number of carbonyl (C=O) groups is 2. The quantitative estimate of drug-likeness (QED) is 0.816. The number of hydrogen-bond acceptors (Lipinski definition) is 5. The maximum absolute atomic E-state index is 12.8. The number of piperazine rings is 1. The largest absolute Gasteiger partial charge is 0.339 e. The van der Waals surface area contributed by atoms with Crippen LogP contribution in [-0.4, -0.2) is 70.3 Å². The zero-order valence-electron chi connectivity index (χ0n) is 14.5. The number of nitrogens with zero attached hydrogens (tertiary/aromatic N) is 5. The lowest BCUT2D eigenvalue weighted by Gasteiger charge is -2.35. The molecule has 2 aliphatic heterocycles. The second kappa shape index (κ2) is 6.98. The van der Waals surface area contributed by atoms with Gasteiger partial charge in [0.05, 0.1) is 5.92 Å². The molecule has 4 rings (SSSR count). The van der Waals surface area contributed by atoms with Crippen LogP contribution in [0.5, 0.6) is 0 Å². The van der Waals surface area contributed by atoms with Crippen LogP contribution in [0.15, 0.2) is 18.5 Å². The Kier molecular flexibility index (Phi) is 4.55. The molecule has 1 aliphatic carbocycles. The molecule has 1 saturated carbocycles. The van der Waals surface area contributed by atoms with Crippen molar-refractivity contribution >= 4 is 17.8 Å². The molecule has 0 radical (unpaired) electrons. The van der Waals surface area contributed by atoms with Crippen molar-refractivity contribution in [3.05, 3.63) is 18.5 Å². The predicted octanol–water partition coefficient (Wildman–Crippen LogP) is 0.916. The van der Waals surface area contributed by atoms with Gasteiger partial charge in [-0.15, -0.1) is 0 Å². The SMILES string of the molecule is O=C(C1CC(=O)N(C2CCCC2)C1)N1CCN(c2ncccn2)CC1. The first-order valence-electron chi connectivity index (χ1n) is 9.32. The Morgan fingerprint density at radius 1 is 1.04 bits per heavy atom. The Balaban J connectivity index is 1.32. The van der Waals surface area contributed by atoms with E-state index in [1.165, 1.54) is 12.8 Å². The maximum Gasteiger partial charge on any atom is 0.228 e. The van der Waals surface area contributed by atoms with E-state index in [-0.39, 0.29) is 17.7 Å². The van der Waals surface area contributed by atoms with Crippen molar-refractivity contribution in [1.82, 2.24) is 19.8 Å². The Bertz CT molecular complexity index is 624.